The van der Waals surface area contributed by atoms with Crippen LogP contribution in [0, 0.1) is 5.92 Å². The lowest BCUT2D eigenvalue weighted by molar-refractivity contribution is -0.0405. The van der Waals surface area contributed by atoms with Crippen molar-refractivity contribution in [3.05, 3.63) is 22.4 Å². The molecule has 1 fully saturated rings. The van der Waals surface area contributed by atoms with E-state index in [0.717, 1.165) is 6.42 Å². The van der Waals surface area contributed by atoms with Crippen molar-refractivity contribution in [2.75, 3.05) is 26.3 Å². The van der Waals surface area contributed by atoms with Crippen molar-refractivity contribution < 1.29 is 14.6 Å². The number of morpholine rings is 1. The number of nitrogens with one attached hydrogen (secondary N) is 1. The van der Waals surface area contributed by atoms with Gasteiger partial charge in [-0.1, -0.05) is 19.9 Å². The SMILES string of the molecule is CC(C)C[C@H](NC(=O)N1CCO[C@@H](CO)C1)c1cccs1. The first-order valence-electron chi connectivity index (χ1n) is 7.41. The summed E-state index contributed by atoms with van der Waals surface area (Å²) in [4.78, 5) is 15.3. The van der Waals surface area contributed by atoms with E-state index in [0.29, 0.717) is 25.6 Å². The molecule has 0 radical (unpaired) electrons. The van der Waals surface area contributed by atoms with Crippen molar-refractivity contribution in [2.45, 2.75) is 32.4 Å². The first kappa shape index (κ1) is 16.3. The predicted octanol–water partition coefficient (Wildman–Crippen LogP) is 2.24. The van der Waals surface area contributed by atoms with Gasteiger partial charge in [-0.15, -0.1) is 11.3 Å². The van der Waals surface area contributed by atoms with E-state index in [-0.39, 0.29) is 24.8 Å². The van der Waals surface area contributed by atoms with Crippen LogP contribution in [-0.2, 0) is 4.74 Å². The van der Waals surface area contributed by atoms with E-state index in [1.807, 2.05) is 11.4 Å². The Hall–Kier alpha value is -1.11. The first-order chi connectivity index (χ1) is 10.1. The highest BCUT2D eigenvalue weighted by Crippen LogP contribution is 2.25. The molecule has 0 aliphatic carbocycles. The molecular weight excluding hydrogens is 288 g/mol. The average molecular weight is 312 g/mol. The second-order valence-electron chi connectivity index (χ2n) is 5.77. The highest BCUT2D eigenvalue weighted by molar-refractivity contribution is 7.10. The van der Waals surface area contributed by atoms with Crippen molar-refractivity contribution >= 4 is 17.4 Å². The molecule has 0 spiro atoms. The molecule has 2 heterocycles. The molecule has 2 amide bonds. The number of ether oxygens (including phenoxy) is 1. The van der Waals surface area contributed by atoms with E-state index >= 15 is 0 Å². The standard InChI is InChI=1S/C15H24N2O3S/c1-11(2)8-13(14-4-3-7-21-14)16-15(19)17-5-6-20-12(9-17)10-18/h3-4,7,11-13,18H,5-6,8-10H2,1-2H3,(H,16,19)/t12-,13+/m1/s1. The number of thiophene rings is 1. The van der Waals surface area contributed by atoms with Gasteiger partial charge in [-0.25, -0.2) is 4.79 Å². The van der Waals surface area contributed by atoms with Gasteiger partial charge in [0.2, 0.25) is 0 Å². The van der Waals surface area contributed by atoms with Gasteiger partial charge in [-0.3, -0.25) is 0 Å². The third-order valence-corrected chi connectivity index (χ3v) is 4.51. The average Bonchev–Trinajstić information content (AvgIpc) is 3.00. The molecule has 118 valence electrons. The Labute approximate surface area is 129 Å². The number of amides is 2. The molecule has 1 aliphatic heterocycles. The summed E-state index contributed by atoms with van der Waals surface area (Å²) in [6.07, 6.45) is 0.648. The minimum Gasteiger partial charge on any atom is -0.394 e. The van der Waals surface area contributed by atoms with E-state index < -0.39 is 0 Å². The van der Waals surface area contributed by atoms with Crippen LogP contribution in [0.5, 0.6) is 0 Å². The van der Waals surface area contributed by atoms with Gasteiger partial charge in [0.1, 0.15) is 0 Å². The Morgan fingerprint density at radius 2 is 2.43 bits per heavy atom. The third kappa shape index (κ3) is 4.69. The number of carbonyl (C=O) groups excluding carboxylic acids is 1. The molecule has 2 rings (SSSR count). The summed E-state index contributed by atoms with van der Waals surface area (Å²) >= 11 is 1.67. The summed E-state index contributed by atoms with van der Waals surface area (Å²) in [6, 6.07) is 4.05. The number of aliphatic hydroxyl groups is 1. The summed E-state index contributed by atoms with van der Waals surface area (Å²) in [5.41, 5.74) is 0. The lowest BCUT2D eigenvalue weighted by atomic mass is 10.0. The zero-order valence-electron chi connectivity index (χ0n) is 12.6. The fourth-order valence-corrected chi connectivity index (χ4v) is 3.25. The molecule has 0 bridgehead atoms. The van der Waals surface area contributed by atoms with Gasteiger partial charge in [-0.05, 0) is 23.8 Å². The molecule has 21 heavy (non-hydrogen) atoms. The predicted molar refractivity (Wildman–Crippen MR) is 83.4 cm³/mol. The van der Waals surface area contributed by atoms with Crippen molar-refractivity contribution in [3.63, 3.8) is 0 Å². The van der Waals surface area contributed by atoms with Crippen LogP contribution in [0.1, 0.15) is 31.2 Å². The summed E-state index contributed by atoms with van der Waals surface area (Å²) in [5.74, 6) is 0.507. The van der Waals surface area contributed by atoms with Crippen LogP contribution in [0.4, 0.5) is 4.79 Å². The number of carbonyl (C=O) groups is 1. The van der Waals surface area contributed by atoms with Crippen LogP contribution in [0.3, 0.4) is 0 Å². The van der Waals surface area contributed by atoms with Gasteiger partial charge in [0.15, 0.2) is 0 Å². The number of hydrogen-bond donors (Lipinski definition) is 2. The van der Waals surface area contributed by atoms with Crippen LogP contribution in [0.25, 0.3) is 0 Å². The largest absolute Gasteiger partial charge is 0.394 e. The number of rotatable bonds is 5. The summed E-state index contributed by atoms with van der Waals surface area (Å²) in [6.45, 7) is 5.76. The highest BCUT2D eigenvalue weighted by atomic mass is 32.1. The second kappa shape index (κ2) is 7.77. The van der Waals surface area contributed by atoms with Crippen LogP contribution in [-0.4, -0.2) is 48.4 Å². The van der Waals surface area contributed by atoms with Crippen LogP contribution in [0.15, 0.2) is 17.5 Å². The monoisotopic (exact) mass is 312 g/mol. The molecule has 5 nitrogen and oxygen atoms in total. The Morgan fingerprint density at radius 1 is 1.62 bits per heavy atom. The Bertz CT molecular complexity index is 436. The van der Waals surface area contributed by atoms with Crippen molar-refractivity contribution in [1.29, 1.82) is 0 Å². The molecule has 1 saturated heterocycles. The zero-order chi connectivity index (χ0) is 15.2. The number of nitrogens with zero attached hydrogens (tertiary/aromatic N) is 1. The number of aliphatic hydroxyl groups excluding tert-OH is 1. The van der Waals surface area contributed by atoms with E-state index in [4.69, 9.17) is 9.84 Å². The smallest absolute Gasteiger partial charge is 0.318 e. The lowest BCUT2D eigenvalue weighted by Gasteiger charge is -2.33. The second-order valence-corrected chi connectivity index (χ2v) is 6.75. The van der Waals surface area contributed by atoms with E-state index in [9.17, 15) is 4.79 Å². The van der Waals surface area contributed by atoms with Gasteiger partial charge < -0.3 is 20.1 Å². The maximum absolute atomic E-state index is 12.4. The summed E-state index contributed by atoms with van der Waals surface area (Å²) in [7, 11) is 0. The van der Waals surface area contributed by atoms with E-state index in [2.05, 4.69) is 25.2 Å². The van der Waals surface area contributed by atoms with Crippen molar-refractivity contribution in [1.82, 2.24) is 10.2 Å². The van der Waals surface area contributed by atoms with Crippen LogP contribution >= 0.6 is 11.3 Å². The zero-order valence-corrected chi connectivity index (χ0v) is 13.4. The van der Waals surface area contributed by atoms with E-state index in [1.54, 1.807) is 16.2 Å². The van der Waals surface area contributed by atoms with Gasteiger partial charge in [-0.2, -0.15) is 0 Å². The molecule has 0 saturated carbocycles. The molecule has 2 N–H and O–H groups in total. The normalized spacial score (nSPS) is 20.6. The Kier molecular flexibility index (Phi) is 6.02. The number of hydrogen-bond acceptors (Lipinski definition) is 4. The molecule has 1 aromatic heterocycles. The highest BCUT2D eigenvalue weighted by Gasteiger charge is 2.26. The van der Waals surface area contributed by atoms with Gasteiger partial charge in [0.25, 0.3) is 0 Å². The molecule has 6 heteroatoms. The van der Waals surface area contributed by atoms with Gasteiger partial charge in [0, 0.05) is 11.4 Å². The Morgan fingerprint density at radius 3 is 3.05 bits per heavy atom. The maximum Gasteiger partial charge on any atom is 0.318 e. The quantitative estimate of drug-likeness (QED) is 0.876. The molecule has 0 unspecified atom stereocenters. The molecule has 1 aromatic rings. The van der Waals surface area contributed by atoms with Crippen LogP contribution in [0.2, 0.25) is 0 Å². The third-order valence-electron chi connectivity index (χ3n) is 3.52. The minimum atomic E-state index is -0.269. The van der Waals surface area contributed by atoms with Gasteiger partial charge >= 0.3 is 6.03 Å². The lowest BCUT2D eigenvalue weighted by Crippen LogP contribution is -2.51. The van der Waals surface area contributed by atoms with Crippen molar-refractivity contribution in [3.8, 4) is 0 Å². The first-order valence-corrected chi connectivity index (χ1v) is 8.29. The fourth-order valence-electron chi connectivity index (χ4n) is 2.46. The Balaban J connectivity index is 1.97. The fraction of sp³-hybridized carbons (Fsp3) is 0.667. The number of urea groups is 1. The van der Waals surface area contributed by atoms with Crippen LogP contribution < -0.4 is 5.32 Å². The minimum absolute atomic E-state index is 0.0490. The van der Waals surface area contributed by atoms with Gasteiger partial charge in [0.05, 0.1) is 31.9 Å². The summed E-state index contributed by atoms with van der Waals surface area (Å²) in [5, 5.41) is 14.3. The van der Waals surface area contributed by atoms with Crippen molar-refractivity contribution in [2.24, 2.45) is 5.92 Å². The summed E-state index contributed by atoms with van der Waals surface area (Å²) < 4.78 is 5.38. The molecule has 0 aromatic carbocycles. The maximum atomic E-state index is 12.4. The molecular formula is C15H24N2O3S. The van der Waals surface area contributed by atoms with E-state index in [1.165, 1.54) is 4.88 Å². The molecule has 2 atom stereocenters. The molecule has 1 aliphatic rings. The topological polar surface area (TPSA) is 61.8 Å².